The maximum Gasteiger partial charge on any atom is 0.472 e. The molecule has 0 aromatic rings. The Balaban J connectivity index is 5.18. The standard InChI is InChI=1S/C62H120O17P2/c1-7-9-11-13-14-15-16-17-18-19-20-23-27-34-40-46-61(66)78-58(51-73-60(65)45-39-33-26-24-21-22-25-31-36-42-54(3)4)53-77-81(70,71)75-49-56(63)48-74-80(68,69)76-52-57(50-72-59(64)44-38-30-12-10-8-2)79-62(67)47-41-35-29-28-32-37-43-55(5)6/h54-58,63H,7-53H2,1-6H3,(H,68,69)(H,70,71)/t56-,57+,58+/m0/s1. The van der Waals surface area contributed by atoms with E-state index in [0.717, 1.165) is 102 Å². The summed E-state index contributed by atoms with van der Waals surface area (Å²) < 4.78 is 67.7. The molecule has 5 atom stereocenters. The number of carbonyl (C=O) groups excluding carboxylic acids is 4. The number of phosphoric ester groups is 2. The molecule has 19 heteroatoms. The highest BCUT2D eigenvalue weighted by atomic mass is 31.2. The first-order valence-electron chi connectivity index (χ1n) is 32.5. The molecule has 0 saturated carbocycles. The van der Waals surface area contributed by atoms with Crippen molar-refractivity contribution in [1.29, 1.82) is 0 Å². The molecule has 0 fully saturated rings. The number of carbonyl (C=O) groups is 4. The second-order valence-electron chi connectivity index (χ2n) is 23.4. The van der Waals surface area contributed by atoms with Gasteiger partial charge in [0.15, 0.2) is 12.2 Å². The number of unbranched alkanes of at least 4 members (excludes halogenated alkanes) is 31. The van der Waals surface area contributed by atoms with Crippen LogP contribution in [0.3, 0.4) is 0 Å². The second-order valence-corrected chi connectivity index (χ2v) is 26.3. The van der Waals surface area contributed by atoms with Crippen molar-refractivity contribution < 1.29 is 80.2 Å². The molecule has 0 aliphatic carbocycles. The molecular formula is C62H120O17P2. The summed E-state index contributed by atoms with van der Waals surface area (Å²) in [5.74, 6) is -0.737. The number of rotatable bonds is 61. The molecular weight excluding hydrogens is 1080 g/mol. The molecule has 0 aliphatic heterocycles. The van der Waals surface area contributed by atoms with Gasteiger partial charge in [0.05, 0.1) is 26.4 Å². The van der Waals surface area contributed by atoms with Crippen LogP contribution in [0.5, 0.6) is 0 Å². The first kappa shape index (κ1) is 79.1. The van der Waals surface area contributed by atoms with Crippen LogP contribution in [0, 0.1) is 11.8 Å². The molecule has 0 amide bonds. The molecule has 0 rings (SSSR count). The highest BCUT2D eigenvalue weighted by Gasteiger charge is 2.30. The van der Waals surface area contributed by atoms with Crippen LogP contribution in [0.25, 0.3) is 0 Å². The van der Waals surface area contributed by atoms with Crippen molar-refractivity contribution in [2.24, 2.45) is 11.8 Å². The summed E-state index contributed by atoms with van der Waals surface area (Å²) in [5.41, 5.74) is 0. The molecule has 2 unspecified atom stereocenters. The predicted octanol–water partition coefficient (Wildman–Crippen LogP) is 16.9. The lowest BCUT2D eigenvalue weighted by Gasteiger charge is -2.21. The predicted molar refractivity (Wildman–Crippen MR) is 321 cm³/mol. The van der Waals surface area contributed by atoms with Gasteiger partial charge in [-0.1, -0.05) is 253 Å². The van der Waals surface area contributed by atoms with Gasteiger partial charge in [-0.2, -0.15) is 0 Å². The van der Waals surface area contributed by atoms with Crippen LogP contribution in [-0.2, 0) is 65.4 Å². The smallest absolute Gasteiger partial charge is 0.462 e. The minimum atomic E-state index is -4.94. The number of ether oxygens (including phenoxy) is 4. The van der Waals surface area contributed by atoms with E-state index in [9.17, 15) is 43.2 Å². The highest BCUT2D eigenvalue weighted by Crippen LogP contribution is 2.45. The zero-order valence-electron chi connectivity index (χ0n) is 52.1. The Bertz CT molecular complexity index is 1600. The van der Waals surface area contributed by atoms with E-state index in [2.05, 4.69) is 41.5 Å². The lowest BCUT2D eigenvalue weighted by atomic mass is 10.0. The lowest BCUT2D eigenvalue weighted by molar-refractivity contribution is -0.161. The second kappa shape index (κ2) is 54.7. The summed E-state index contributed by atoms with van der Waals surface area (Å²) >= 11 is 0. The van der Waals surface area contributed by atoms with Crippen LogP contribution in [0.15, 0.2) is 0 Å². The van der Waals surface area contributed by atoms with E-state index in [-0.39, 0.29) is 25.7 Å². The van der Waals surface area contributed by atoms with Gasteiger partial charge in [-0.3, -0.25) is 37.3 Å². The van der Waals surface area contributed by atoms with Crippen LogP contribution in [-0.4, -0.2) is 96.7 Å². The van der Waals surface area contributed by atoms with E-state index in [0.29, 0.717) is 31.6 Å². The Hall–Kier alpha value is -1.94. The largest absolute Gasteiger partial charge is 0.472 e. The van der Waals surface area contributed by atoms with E-state index in [1.54, 1.807) is 0 Å². The fourth-order valence-electron chi connectivity index (χ4n) is 9.18. The third kappa shape index (κ3) is 56.9. The van der Waals surface area contributed by atoms with Gasteiger partial charge in [-0.15, -0.1) is 0 Å². The number of esters is 4. The molecule has 480 valence electrons. The molecule has 0 radical (unpaired) electrons. The normalized spacial score (nSPS) is 14.4. The SMILES string of the molecule is CCCCCCCCCCCCCCCCCC(=O)O[C@H](COC(=O)CCCCCCCCCCCC(C)C)COP(=O)(O)OC[C@@H](O)COP(=O)(O)OC[C@@H](COC(=O)CCCCCCC)OC(=O)CCCCCCCCC(C)C. The molecule has 0 aromatic heterocycles. The number of phosphoric acid groups is 2. The number of hydrogen-bond acceptors (Lipinski definition) is 15. The third-order valence-electron chi connectivity index (χ3n) is 14.2. The Morgan fingerprint density at radius 3 is 0.840 bits per heavy atom. The molecule has 0 aliphatic rings. The van der Waals surface area contributed by atoms with E-state index in [1.165, 1.54) is 116 Å². The first-order valence-corrected chi connectivity index (χ1v) is 35.5. The van der Waals surface area contributed by atoms with Crippen molar-refractivity contribution >= 4 is 39.5 Å². The number of aliphatic hydroxyl groups excluding tert-OH is 1. The van der Waals surface area contributed by atoms with Gasteiger partial charge >= 0.3 is 39.5 Å². The molecule has 0 aromatic carbocycles. The van der Waals surface area contributed by atoms with Gasteiger partial charge in [0, 0.05) is 25.7 Å². The van der Waals surface area contributed by atoms with Crippen molar-refractivity contribution in [3.63, 3.8) is 0 Å². The summed E-state index contributed by atoms with van der Waals surface area (Å²) in [6.45, 7) is 9.28. The number of aliphatic hydroxyl groups is 1. The molecule has 17 nitrogen and oxygen atoms in total. The average molecular weight is 1200 g/mol. The zero-order chi connectivity index (χ0) is 60.1. The molecule has 3 N–H and O–H groups in total. The molecule has 0 saturated heterocycles. The molecule has 0 spiro atoms. The summed E-state index contributed by atoms with van der Waals surface area (Å²) in [5, 5.41) is 10.5. The molecule has 81 heavy (non-hydrogen) atoms. The van der Waals surface area contributed by atoms with Gasteiger partial charge in [0.1, 0.15) is 19.3 Å². The summed E-state index contributed by atoms with van der Waals surface area (Å²) in [7, 11) is -9.87. The summed E-state index contributed by atoms with van der Waals surface area (Å²) in [6.07, 6.45) is 36.7. The van der Waals surface area contributed by atoms with Crippen LogP contribution < -0.4 is 0 Å². The van der Waals surface area contributed by atoms with Gasteiger partial charge in [0.25, 0.3) is 0 Å². The van der Waals surface area contributed by atoms with Crippen LogP contribution in [0.4, 0.5) is 0 Å². The summed E-state index contributed by atoms with van der Waals surface area (Å²) in [6, 6.07) is 0. The maximum atomic E-state index is 13.0. The van der Waals surface area contributed by atoms with Gasteiger partial charge in [-0.05, 0) is 37.5 Å². The number of hydrogen-bond donors (Lipinski definition) is 3. The third-order valence-corrected chi connectivity index (χ3v) is 16.1. The van der Waals surface area contributed by atoms with Crippen molar-refractivity contribution in [3.8, 4) is 0 Å². The Morgan fingerprint density at radius 2 is 0.568 bits per heavy atom. The zero-order valence-corrected chi connectivity index (χ0v) is 53.9. The quantitative estimate of drug-likeness (QED) is 0.0222. The monoisotopic (exact) mass is 1200 g/mol. The minimum Gasteiger partial charge on any atom is -0.462 e. The highest BCUT2D eigenvalue weighted by molar-refractivity contribution is 7.47. The lowest BCUT2D eigenvalue weighted by Crippen LogP contribution is -2.30. The van der Waals surface area contributed by atoms with E-state index < -0.39 is 97.5 Å². The van der Waals surface area contributed by atoms with Crippen molar-refractivity contribution in [2.75, 3.05) is 39.6 Å². The van der Waals surface area contributed by atoms with Crippen LogP contribution in [0.2, 0.25) is 0 Å². The topological polar surface area (TPSA) is 237 Å². The average Bonchev–Trinajstić information content (AvgIpc) is 3.42. The Kier molecular flexibility index (Phi) is 53.4. The van der Waals surface area contributed by atoms with Gasteiger partial charge in [-0.25, -0.2) is 9.13 Å². The van der Waals surface area contributed by atoms with E-state index >= 15 is 0 Å². The van der Waals surface area contributed by atoms with E-state index in [4.69, 9.17) is 37.0 Å². The van der Waals surface area contributed by atoms with Crippen LogP contribution >= 0.6 is 15.6 Å². The maximum absolute atomic E-state index is 13.0. The fraction of sp³-hybridized carbons (Fsp3) is 0.935. The Labute approximate surface area is 492 Å². The van der Waals surface area contributed by atoms with Crippen molar-refractivity contribution in [2.45, 2.75) is 323 Å². The van der Waals surface area contributed by atoms with Gasteiger partial charge < -0.3 is 33.8 Å². The Morgan fingerprint density at radius 1 is 0.333 bits per heavy atom. The minimum absolute atomic E-state index is 0.101. The molecule has 0 heterocycles. The van der Waals surface area contributed by atoms with Gasteiger partial charge in [0.2, 0.25) is 0 Å². The van der Waals surface area contributed by atoms with Crippen molar-refractivity contribution in [1.82, 2.24) is 0 Å². The van der Waals surface area contributed by atoms with Crippen LogP contribution in [0.1, 0.15) is 305 Å². The van der Waals surface area contributed by atoms with E-state index in [1.807, 2.05) is 0 Å². The molecule has 0 bridgehead atoms. The van der Waals surface area contributed by atoms with Crippen molar-refractivity contribution in [3.05, 3.63) is 0 Å². The first-order chi connectivity index (χ1) is 38.9. The summed E-state index contributed by atoms with van der Waals surface area (Å²) in [4.78, 5) is 71.8. The fourth-order valence-corrected chi connectivity index (χ4v) is 10.8.